The molecular formula is C25H32O2. The van der Waals surface area contributed by atoms with E-state index in [1.165, 1.54) is 29.5 Å². The normalized spacial score (nSPS) is 12.3. The molecule has 0 heterocycles. The van der Waals surface area contributed by atoms with Crippen molar-refractivity contribution in [2.45, 2.75) is 65.4 Å². The fraction of sp³-hybridized carbons (Fsp3) is 0.400. The predicted octanol–water partition coefficient (Wildman–Crippen LogP) is 6.63. The summed E-state index contributed by atoms with van der Waals surface area (Å²) in [6.45, 7) is 6.42. The van der Waals surface area contributed by atoms with Gasteiger partial charge < -0.3 is 4.74 Å². The number of ether oxygens (including phenoxy) is 1. The molecule has 2 aromatic carbocycles. The van der Waals surface area contributed by atoms with Crippen molar-refractivity contribution in [1.29, 1.82) is 0 Å². The van der Waals surface area contributed by atoms with Gasteiger partial charge in [-0.2, -0.15) is 0 Å². The predicted molar refractivity (Wildman–Crippen MR) is 114 cm³/mol. The third-order valence-electron chi connectivity index (χ3n) is 4.64. The second-order valence-corrected chi connectivity index (χ2v) is 7.09. The maximum absolute atomic E-state index is 12.1. The molecule has 0 radical (unpaired) electrons. The van der Waals surface area contributed by atoms with Crippen molar-refractivity contribution in [3.05, 3.63) is 76.9 Å². The van der Waals surface area contributed by atoms with Crippen LogP contribution in [-0.4, -0.2) is 12.1 Å². The first-order chi connectivity index (χ1) is 13.1. The summed E-state index contributed by atoms with van der Waals surface area (Å²) in [7, 11) is 0. The van der Waals surface area contributed by atoms with Crippen LogP contribution in [0.5, 0.6) is 0 Å². The van der Waals surface area contributed by atoms with E-state index >= 15 is 0 Å². The molecular weight excluding hydrogens is 332 g/mol. The maximum Gasteiger partial charge on any atom is 0.338 e. The third-order valence-corrected chi connectivity index (χ3v) is 4.64. The van der Waals surface area contributed by atoms with E-state index in [2.05, 4.69) is 44.2 Å². The molecule has 0 aromatic heterocycles. The molecule has 0 fully saturated rings. The topological polar surface area (TPSA) is 26.3 Å². The van der Waals surface area contributed by atoms with Gasteiger partial charge in [-0.05, 0) is 61.4 Å². The van der Waals surface area contributed by atoms with E-state index < -0.39 is 0 Å². The number of allylic oxidation sites excluding steroid dienone is 1. The van der Waals surface area contributed by atoms with Gasteiger partial charge in [-0.1, -0.05) is 75.2 Å². The van der Waals surface area contributed by atoms with E-state index in [0.29, 0.717) is 5.56 Å². The Bertz CT molecular complexity index is 731. The van der Waals surface area contributed by atoms with Gasteiger partial charge >= 0.3 is 5.97 Å². The molecule has 0 bridgehead atoms. The molecule has 0 saturated carbocycles. The lowest BCUT2D eigenvalue weighted by atomic mass is 9.97. The minimum Gasteiger partial charge on any atom is -0.459 e. The van der Waals surface area contributed by atoms with E-state index in [1.54, 1.807) is 12.1 Å². The number of hydrogen-bond donors (Lipinski definition) is 0. The monoisotopic (exact) mass is 364 g/mol. The van der Waals surface area contributed by atoms with Crippen molar-refractivity contribution in [3.8, 4) is 0 Å². The Morgan fingerprint density at radius 1 is 1.00 bits per heavy atom. The van der Waals surface area contributed by atoms with Crippen molar-refractivity contribution >= 4 is 12.0 Å². The van der Waals surface area contributed by atoms with Crippen molar-refractivity contribution in [1.82, 2.24) is 0 Å². The van der Waals surface area contributed by atoms with Crippen LogP contribution in [0.2, 0.25) is 0 Å². The standard InChI is InChI=1S/C25H32O2/c1-4-11-22-18-17-21(19-24(22)12-5-2)14-10-9-13-20(3)27-25(26)23-15-7-6-8-16-23/h6-8,10,14-20H,4-5,9,11-13H2,1-3H3. The molecule has 0 saturated heterocycles. The number of carbonyl (C=O) groups excluding carboxylic acids is 1. The lowest BCUT2D eigenvalue weighted by molar-refractivity contribution is 0.0327. The van der Waals surface area contributed by atoms with Crippen LogP contribution in [0, 0.1) is 0 Å². The Morgan fingerprint density at radius 3 is 2.41 bits per heavy atom. The summed E-state index contributed by atoms with van der Waals surface area (Å²) in [5.74, 6) is -0.247. The zero-order valence-corrected chi connectivity index (χ0v) is 16.9. The SMILES string of the molecule is CCCc1ccc(C=CCCC(C)OC(=O)c2ccccc2)cc1CCC. The van der Waals surface area contributed by atoms with Crippen LogP contribution in [0.1, 0.15) is 73.5 Å². The smallest absolute Gasteiger partial charge is 0.338 e. The summed E-state index contributed by atoms with van der Waals surface area (Å²) in [5, 5.41) is 0. The number of benzene rings is 2. The first kappa shape index (κ1) is 21.0. The van der Waals surface area contributed by atoms with Gasteiger partial charge in [-0.15, -0.1) is 0 Å². The Kier molecular flexibility index (Phi) is 8.83. The van der Waals surface area contributed by atoms with Gasteiger partial charge in [0.15, 0.2) is 0 Å². The molecule has 0 spiro atoms. The second-order valence-electron chi connectivity index (χ2n) is 7.09. The molecule has 0 amide bonds. The lowest BCUT2D eigenvalue weighted by Gasteiger charge is -2.12. The van der Waals surface area contributed by atoms with Gasteiger partial charge in [-0.25, -0.2) is 4.79 Å². The van der Waals surface area contributed by atoms with Crippen LogP contribution in [0.3, 0.4) is 0 Å². The number of hydrogen-bond acceptors (Lipinski definition) is 2. The fourth-order valence-corrected chi connectivity index (χ4v) is 3.20. The molecule has 1 atom stereocenters. The van der Waals surface area contributed by atoms with E-state index in [0.717, 1.165) is 25.7 Å². The maximum atomic E-state index is 12.1. The molecule has 2 rings (SSSR count). The van der Waals surface area contributed by atoms with Crippen LogP contribution in [0.25, 0.3) is 6.08 Å². The minimum atomic E-state index is -0.247. The van der Waals surface area contributed by atoms with Gasteiger partial charge in [0.2, 0.25) is 0 Å². The van der Waals surface area contributed by atoms with Crippen molar-refractivity contribution in [3.63, 3.8) is 0 Å². The molecule has 0 aliphatic carbocycles. The summed E-state index contributed by atoms with van der Waals surface area (Å²) in [4.78, 5) is 12.1. The second kappa shape index (κ2) is 11.4. The van der Waals surface area contributed by atoms with Crippen LogP contribution in [0.15, 0.2) is 54.6 Å². The van der Waals surface area contributed by atoms with Gasteiger partial charge in [0, 0.05) is 0 Å². The molecule has 2 nitrogen and oxygen atoms in total. The Morgan fingerprint density at radius 2 is 1.70 bits per heavy atom. The molecule has 27 heavy (non-hydrogen) atoms. The average molecular weight is 365 g/mol. The Labute approximate surface area is 164 Å². The summed E-state index contributed by atoms with van der Waals surface area (Å²) >= 11 is 0. The van der Waals surface area contributed by atoms with Crippen LogP contribution in [0.4, 0.5) is 0 Å². The molecule has 0 aliphatic rings. The quantitative estimate of drug-likeness (QED) is 0.442. The highest BCUT2D eigenvalue weighted by molar-refractivity contribution is 5.89. The lowest BCUT2D eigenvalue weighted by Crippen LogP contribution is -2.14. The minimum absolute atomic E-state index is 0.0926. The molecule has 144 valence electrons. The number of rotatable bonds is 10. The molecule has 1 unspecified atom stereocenters. The number of carbonyl (C=O) groups is 1. The molecule has 0 N–H and O–H groups in total. The van der Waals surface area contributed by atoms with Crippen molar-refractivity contribution in [2.24, 2.45) is 0 Å². The van der Waals surface area contributed by atoms with E-state index in [1.807, 2.05) is 25.1 Å². The fourth-order valence-electron chi connectivity index (χ4n) is 3.20. The van der Waals surface area contributed by atoms with Crippen LogP contribution >= 0.6 is 0 Å². The highest BCUT2D eigenvalue weighted by Gasteiger charge is 2.10. The largest absolute Gasteiger partial charge is 0.459 e. The first-order valence-corrected chi connectivity index (χ1v) is 10.2. The van der Waals surface area contributed by atoms with E-state index in [4.69, 9.17) is 4.74 Å². The van der Waals surface area contributed by atoms with E-state index in [9.17, 15) is 4.79 Å². The zero-order valence-electron chi connectivity index (χ0n) is 16.9. The van der Waals surface area contributed by atoms with E-state index in [-0.39, 0.29) is 12.1 Å². The van der Waals surface area contributed by atoms with Gasteiger partial charge in [0.25, 0.3) is 0 Å². The van der Waals surface area contributed by atoms with Gasteiger partial charge in [0.05, 0.1) is 11.7 Å². The zero-order chi connectivity index (χ0) is 19.5. The Hall–Kier alpha value is -2.35. The van der Waals surface area contributed by atoms with Gasteiger partial charge in [0.1, 0.15) is 0 Å². The van der Waals surface area contributed by atoms with Crippen molar-refractivity contribution in [2.75, 3.05) is 0 Å². The molecule has 0 aliphatic heterocycles. The van der Waals surface area contributed by atoms with Crippen LogP contribution in [-0.2, 0) is 17.6 Å². The van der Waals surface area contributed by atoms with Crippen LogP contribution < -0.4 is 0 Å². The third kappa shape index (κ3) is 7.05. The molecule has 2 aromatic rings. The van der Waals surface area contributed by atoms with Crippen molar-refractivity contribution < 1.29 is 9.53 Å². The Balaban J connectivity index is 1.84. The molecule has 2 heteroatoms. The number of esters is 1. The number of aryl methyl sites for hydroxylation is 2. The first-order valence-electron chi connectivity index (χ1n) is 10.2. The summed E-state index contributed by atoms with van der Waals surface area (Å²) in [6, 6.07) is 16.0. The summed E-state index contributed by atoms with van der Waals surface area (Å²) in [5.41, 5.74) is 4.83. The average Bonchev–Trinajstić information content (AvgIpc) is 2.68. The van der Waals surface area contributed by atoms with Gasteiger partial charge in [-0.3, -0.25) is 0 Å². The summed E-state index contributed by atoms with van der Waals surface area (Å²) in [6.07, 6.45) is 10.6. The highest BCUT2D eigenvalue weighted by Crippen LogP contribution is 2.18. The summed E-state index contributed by atoms with van der Waals surface area (Å²) < 4.78 is 5.51. The highest BCUT2D eigenvalue weighted by atomic mass is 16.5.